The van der Waals surface area contributed by atoms with Crippen molar-refractivity contribution in [1.82, 2.24) is 13.9 Å². The Morgan fingerprint density at radius 1 is 0.900 bits per heavy atom. The first-order chi connectivity index (χ1) is 14.4. The number of carbonyl (C=O) groups is 1. The largest absolute Gasteiger partial charge is 0.292 e. The number of rotatable bonds is 5. The fourth-order valence-electron chi connectivity index (χ4n) is 3.11. The van der Waals surface area contributed by atoms with Crippen LogP contribution in [0.3, 0.4) is 0 Å². The number of amides is 1. The summed E-state index contributed by atoms with van der Waals surface area (Å²) >= 11 is 0. The summed E-state index contributed by atoms with van der Waals surface area (Å²) in [6, 6.07) is 23.1. The zero-order valence-electron chi connectivity index (χ0n) is 16.5. The first-order valence-electron chi connectivity index (χ1n) is 9.25. The molecule has 0 aliphatic carbocycles. The van der Waals surface area contributed by atoms with E-state index in [-0.39, 0.29) is 10.8 Å². The number of carbonyl (C=O) groups excluding carboxylic acids is 1. The van der Waals surface area contributed by atoms with Gasteiger partial charge >= 0.3 is 0 Å². The number of hydrogen-bond acceptors (Lipinski definition) is 4. The summed E-state index contributed by atoms with van der Waals surface area (Å²) in [6.07, 6.45) is 0. The van der Waals surface area contributed by atoms with Crippen molar-refractivity contribution < 1.29 is 13.2 Å². The van der Waals surface area contributed by atoms with Crippen LogP contribution in [0.1, 0.15) is 10.4 Å². The van der Waals surface area contributed by atoms with Gasteiger partial charge in [-0.05, 0) is 48.5 Å². The standard InChI is InChI=1S/C22H20N4O3S/c1-25(2)30(28,29)18-14-12-16(13-15-18)21(27)24-22-23-19-10-6-7-11-20(19)26(22)17-8-4-3-5-9-17/h3-15H,1-2H3,(H,23,24,27). The highest BCUT2D eigenvalue weighted by Crippen LogP contribution is 2.25. The summed E-state index contributed by atoms with van der Waals surface area (Å²) in [5.41, 5.74) is 2.82. The highest BCUT2D eigenvalue weighted by molar-refractivity contribution is 7.89. The van der Waals surface area contributed by atoms with E-state index in [2.05, 4.69) is 10.3 Å². The third kappa shape index (κ3) is 3.58. The normalized spacial score (nSPS) is 11.7. The van der Waals surface area contributed by atoms with Gasteiger partial charge in [-0.25, -0.2) is 17.7 Å². The van der Waals surface area contributed by atoms with Gasteiger partial charge in [-0.15, -0.1) is 0 Å². The van der Waals surface area contributed by atoms with E-state index in [9.17, 15) is 13.2 Å². The first-order valence-corrected chi connectivity index (χ1v) is 10.7. The molecule has 0 saturated heterocycles. The maximum Gasteiger partial charge on any atom is 0.257 e. The molecular formula is C22H20N4O3S. The van der Waals surface area contributed by atoms with Gasteiger partial charge in [0.15, 0.2) is 0 Å². The molecule has 7 nitrogen and oxygen atoms in total. The van der Waals surface area contributed by atoms with Gasteiger partial charge in [0.25, 0.3) is 5.91 Å². The smallest absolute Gasteiger partial charge is 0.257 e. The first kappa shape index (κ1) is 19.8. The molecule has 4 aromatic rings. The van der Waals surface area contributed by atoms with Gasteiger partial charge in [-0.2, -0.15) is 0 Å². The minimum absolute atomic E-state index is 0.126. The van der Waals surface area contributed by atoms with Crippen molar-refractivity contribution >= 4 is 32.9 Å². The lowest BCUT2D eigenvalue weighted by Crippen LogP contribution is -2.22. The molecule has 4 rings (SSSR count). The van der Waals surface area contributed by atoms with Gasteiger partial charge in [0.2, 0.25) is 16.0 Å². The topological polar surface area (TPSA) is 84.3 Å². The van der Waals surface area contributed by atoms with Crippen molar-refractivity contribution in [2.75, 3.05) is 19.4 Å². The van der Waals surface area contributed by atoms with Gasteiger partial charge in [0.1, 0.15) is 0 Å². The molecule has 152 valence electrons. The molecule has 8 heteroatoms. The van der Waals surface area contributed by atoms with Crippen LogP contribution in [0.2, 0.25) is 0 Å². The van der Waals surface area contributed by atoms with Crippen LogP contribution >= 0.6 is 0 Å². The minimum atomic E-state index is -3.55. The van der Waals surface area contributed by atoms with E-state index in [1.54, 1.807) is 0 Å². The third-order valence-electron chi connectivity index (χ3n) is 4.70. The van der Waals surface area contributed by atoms with E-state index < -0.39 is 10.0 Å². The molecular weight excluding hydrogens is 400 g/mol. The molecule has 0 aliphatic heterocycles. The second-order valence-electron chi connectivity index (χ2n) is 6.86. The Bertz CT molecular complexity index is 1310. The number of aromatic nitrogens is 2. The predicted molar refractivity (Wildman–Crippen MR) is 116 cm³/mol. The molecule has 0 radical (unpaired) electrons. The predicted octanol–water partition coefficient (Wildman–Crippen LogP) is 3.53. The Labute approximate surface area is 174 Å². The van der Waals surface area contributed by atoms with E-state index in [1.165, 1.54) is 38.4 Å². The number of nitrogens with one attached hydrogen (secondary N) is 1. The zero-order valence-corrected chi connectivity index (χ0v) is 17.3. The fraction of sp³-hybridized carbons (Fsp3) is 0.0909. The van der Waals surface area contributed by atoms with E-state index in [4.69, 9.17) is 0 Å². The van der Waals surface area contributed by atoms with Crippen molar-refractivity contribution in [3.05, 3.63) is 84.4 Å². The van der Waals surface area contributed by atoms with Gasteiger partial charge in [-0.3, -0.25) is 14.7 Å². The van der Waals surface area contributed by atoms with Gasteiger partial charge in [0, 0.05) is 25.3 Å². The molecule has 1 heterocycles. The maximum absolute atomic E-state index is 12.8. The average Bonchev–Trinajstić information content (AvgIpc) is 3.12. The van der Waals surface area contributed by atoms with Crippen LogP contribution in [0.4, 0.5) is 5.95 Å². The number of anilines is 1. The van der Waals surface area contributed by atoms with Crippen LogP contribution in [0.15, 0.2) is 83.8 Å². The molecule has 3 aromatic carbocycles. The Morgan fingerprint density at radius 3 is 2.20 bits per heavy atom. The second-order valence-corrected chi connectivity index (χ2v) is 9.01. The monoisotopic (exact) mass is 420 g/mol. The Hall–Kier alpha value is -3.49. The molecule has 1 aromatic heterocycles. The number of nitrogens with zero attached hydrogens (tertiary/aromatic N) is 3. The van der Waals surface area contributed by atoms with Crippen LogP contribution in [0, 0.1) is 0 Å². The van der Waals surface area contributed by atoms with E-state index in [0.29, 0.717) is 11.5 Å². The highest BCUT2D eigenvalue weighted by atomic mass is 32.2. The van der Waals surface area contributed by atoms with Crippen LogP contribution < -0.4 is 5.32 Å². The van der Waals surface area contributed by atoms with Gasteiger partial charge in [-0.1, -0.05) is 30.3 Å². The van der Waals surface area contributed by atoms with E-state index in [1.807, 2.05) is 59.2 Å². The molecule has 0 aliphatic rings. The van der Waals surface area contributed by atoms with Crippen molar-refractivity contribution in [2.45, 2.75) is 4.90 Å². The lowest BCUT2D eigenvalue weighted by Gasteiger charge is -2.12. The number of para-hydroxylation sites is 3. The number of fused-ring (bicyclic) bond motifs is 1. The summed E-state index contributed by atoms with van der Waals surface area (Å²) in [6.45, 7) is 0. The molecule has 0 atom stereocenters. The SMILES string of the molecule is CN(C)S(=O)(=O)c1ccc(C(=O)Nc2nc3ccccc3n2-c2ccccc2)cc1. The average molecular weight is 420 g/mol. The number of hydrogen-bond donors (Lipinski definition) is 1. The van der Waals surface area contributed by atoms with Crippen LogP contribution in [-0.2, 0) is 10.0 Å². The van der Waals surface area contributed by atoms with Crippen molar-refractivity contribution in [2.24, 2.45) is 0 Å². The molecule has 1 N–H and O–H groups in total. The molecule has 0 spiro atoms. The Kier molecular flexibility index (Phi) is 5.11. The summed E-state index contributed by atoms with van der Waals surface area (Å²) in [5.74, 6) is 0.00804. The summed E-state index contributed by atoms with van der Waals surface area (Å²) in [4.78, 5) is 17.5. The van der Waals surface area contributed by atoms with Gasteiger partial charge < -0.3 is 0 Å². The molecule has 0 unspecified atom stereocenters. The Morgan fingerprint density at radius 2 is 1.53 bits per heavy atom. The van der Waals surface area contributed by atoms with Crippen LogP contribution in [-0.4, -0.2) is 42.3 Å². The number of benzene rings is 3. The van der Waals surface area contributed by atoms with Crippen LogP contribution in [0.5, 0.6) is 0 Å². The second kappa shape index (κ2) is 7.74. The Balaban J connectivity index is 1.69. The number of sulfonamides is 1. The van der Waals surface area contributed by atoms with Crippen molar-refractivity contribution in [3.63, 3.8) is 0 Å². The van der Waals surface area contributed by atoms with Gasteiger partial charge in [0.05, 0.1) is 15.9 Å². The maximum atomic E-state index is 12.8. The third-order valence-corrected chi connectivity index (χ3v) is 6.52. The summed E-state index contributed by atoms with van der Waals surface area (Å²) < 4.78 is 27.4. The molecule has 0 fully saturated rings. The molecule has 1 amide bonds. The molecule has 30 heavy (non-hydrogen) atoms. The van der Waals surface area contributed by atoms with E-state index >= 15 is 0 Å². The summed E-state index contributed by atoms with van der Waals surface area (Å²) in [7, 11) is -0.629. The lowest BCUT2D eigenvalue weighted by molar-refractivity contribution is 0.102. The van der Waals surface area contributed by atoms with E-state index in [0.717, 1.165) is 21.0 Å². The summed E-state index contributed by atoms with van der Waals surface area (Å²) in [5, 5.41) is 2.85. The van der Waals surface area contributed by atoms with Crippen LogP contribution in [0.25, 0.3) is 16.7 Å². The fourth-order valence-corrected chi connectivity index (χ4v) is 4.01. The number of imidazole rings is 1. The van der Waals surface area contributed by atoms with Crippen molar-refractivity contribution in [3.8, 4) is 5.69 Å². The molecule has 0 bridgehead atoms. The lowest BCUT2D eigenvalue weighted by atomic mass is 10.2. The van der Waals surface area contributed by atoms with Crippen molar-refractivity contribution in [1.29, 1.82) is 0 Å². The molecule has 0 saturated carbocycles. The minimum Gasteiger partial charge on any atom is -0.292 e. The highest BCUT2D eigenvalue weighted by Gasteiger charge is 2.19. The quantitative estimate of drug-likeness (QED) is 0.535. The zero-order chi connectivity index (χ0) is 21.3.